The molecule has 1 N–H and O–H groups in total. The summed E-state index contributed by atoms with van der Waals surface area (Å²) in [6, 6.07) is 5.26. The SMILES string of the molecule is C=CCCOc1cccc(O)c1C. The van der Waals surface area contributed by atoms with Gasteiger partial charge in [-0.3, -0.25) is 0 Å². The van der Waals surface area contributed by atoms with Gasteiger partial charge in [0, 0.05) is 5.56 Å². The van der Waals surface area contributed by atoms with Crippen LogP contribution in [0.3, 0.4) is 0 Å². The van der Waals surface area contributed by atoms with Gasteiger partial charge in [-0.2, -0.15) is 0 Å². The third-order valence-electron chi connectivity index (χ3n) is 1.84. The molecule has 0 unspecified atom stereocenters. The summed E-state index contributed by atoms with van der Waals surface area (Å²) in [4.78, 5) is 0. The molecule has 0 aromatic heterocycles. The molecule has 0 radical (unpaired) electrons. The highest BCUT2D eigenvalue weighted by molar-refractivity contribution is 5.42. The lowest BCUT2D eigenvalue weighted by atomic mass is 10.2. The summed E-state index contributed by atoms with van der Waals surface area (Å²) < 4.78 is 5.43. The van der Waals surface area contributed by atoms with Crippen LogP contribution < -0.4 is 4.74 Å². The smallest absolute Gasteiger partial charge is 0.125 e. The molecule has 1 aromatic carbocycles. The fourth-order valence-electron chi connectivity index (χ4n) is 1.01. The minimum Gasteiger partial charge on any atom is -0.508 e. The molecule has 0 bridgehead atoms. The summed E-state index contributed by atoms with van der Waals surface area (Å²) in [5.74, 6) is 1.01. The first kappa shape index (κ1) is 9.65. The number of ether oxygens (including phenoxy) is 1. The van der Waals surface area contributed by atoms with Crippen molar-refractivity contribution in [2.24, 2.45) is 0 Å². The standard InChI is InChI=1S/C11H14O2/c1-3-4-8-13-11-7-5-6-10(12)9(11)2/h3,5-7,12H,1,4,8H2,2H3. The van der Waals surface area contributed by atoms with Crippen LogP contribution in [-0.4, -0.2) is 11.7 Å². The second kappa shape index (κ2) is 4.55. The van der Waals surface area contributed by atoms with Crippen molar-refractivity contribution < 1.29 is 9.84 Å². The molecule has 0 saturated carbocycles. The van der Waals surface area contributed by atoms with Crippen LogP contribution in [0, 0.1) is 6.92 Å². The lowest BCUT2D eigenvalue weighted by molar-refractivity contribution is 0.320. The summed E-state index contributed by atoms with van der Waals surface area (Å²) in [6.07, 6.45) is 2.62. The molecule has 0 saturated heterocycles. The van der Waals surface area contributed by atoms with Crippen molar-refractivity contribution in [2.75, 3.05) is 6.61 Å². The van der Waals surface area contributed by atoms with Crippen LogP contribution in [0.4, 0.5) is 0 Å². The normalized spacial score (nSPS) is 9.62. The van der Waals surface area contributed by atoms with Gasteiger partial charge in [0.25, 0.3) is 0 Å². The molecule has 1 rings (SSSR count). The van der Waals surface area contributed by atoms with Crippen molar-refractivity contribution in [2.45, 2.75) is 13.3 Å². The number of phenols is 1. The maximum atomic E-state index is 9.36. The summed E-state index contributed by atoms with van der Waals surface area (Å²) in [6.45, 7) is 6.04. The van der Waals surface area contributed by atoms with E-state index in [0.29, 0.717) is 6.61 Å². The number of hydrogen-bond acceptors (Lipinski definition) is 2. The number of hydrogen-bond donors (Lipinski definition) is 1. The zero-order chi connectivity index (χ0) is 9.68. The molecular formula is C11H14O2. The predicted octanol–water partition coefficient (Wildman–Crippen LogP) is 2.66. The highest BCUT2D eigenvalue weighted by Gasteiger charge is 2.01. The summed E-state index contributed by atoms with van der Waals surface area (Å²) in [7, 11) is 0. The lowest BCUT2D eigenvalue weighted by Crippen LogP contribution is -1.96. The number of aromatic hydroxyl groups is 1. The number of benzene rings is 1. The second-order valence-corrected chi connectivity index (χ2v) is 2.83. The van der Waals surface area contributed by atoms with E-state index in [-0.39, 0.29) is 5.75 Å². The minimum absolute atomic E-state index is 0.274. The van der Waals surface area contributed by atoms with Gasteiger partial charge in [0.15, 0.2) is 0 Å². The van der Waals surface area contributed by atoms with Gasteiger partial charge in [0.2, 0.25) is 0 Å². The summed E-state index contributed by atoms with van der Waals surface area (Å²) in [5.41, 5.74) is 0.784. The van der Waals surface area contributed by atoms with Crippen LogP contribution in [0.5, 0.6) is 11.5 Å². The van der Waals surface area contributed by atoms with Crippen LogP contribution in [0.15, 0.2) is 30.9 Å². The van der Waals surface area contributed by atoms with Crippen molar-refractivity contribution in [3.8, 4) is 11.5 Å². The van der Waals surface area contributed by atoms with Crippen molar-refractivity contribution in [1.29, 1.82) is 0 Å². The molecule has 70 valence electrons. The molecule has 0 heterocycles. The Hall–Kier alpha value is -1.44. The van der Waals surface area contributed by atoms with Gasteiger partial charge >= 0.3 is 0 Å². The Kier molecular flexibility index (Phi) is 3.38. The van der Waals surface area contributed by atoms with Gasteiger partial charge in [0.1, 0.15) is 11.5 Å². The van der Waals surface area contributed by atoms with E-state index in [1.165, 1.54) is 0 Å². The van der Waals surface area contributed by atoms with Crippen LogP contribution in [0.25, 0.3) is 0 Å². The number of rotatable bonds is 4. The minimum atomic E-state index is 0.274. The van der Waals surface area contributed by atoms with Gasteiger partial charge in [-0.05, 0) is 25.5 Å². The molecule has 2 nitrogen and oxygen atoms in total. The Bertz CT molecular complexity index is 292. The maximum Gasteiger partial charge on any atom is 0.125 e. The molecule has 0 amide bonds. The Balaban J connectivity index is 2.65. The highest BCUT2D eigenvalue weighted by Crippen LogP contribution is 2.25. The van der Waals surface area contributed by atoms with Crippen molar-refractivity contribution in [3.63, 3.8) is 0 Å². The lowest BCUT2D eigenvalue weighted by Gasteiger charge is -2.08. The molecule has 0 aliphatic carbocycles. The summed E-state index contributed by atoms with van der Waals surface area (Å²) >= 11 is 0. The molecular weight excluding hydrogens is 164 g/mol. The van der Waals surface area contributed by atoms with Crippen LogP contribution in [0.2, 0.25) is 0 Å². The van der Waals surface area contributed by atoms with Crippen LogP contribution in [-0.2, 0) is 0 Å². The zero-order valence-electron chi connectivity index (χ0n) is 7.79. The fourth-order valence-corrected chi connectivity index (χ4v) is 1.01. The third kappa shape index (κ3) is 2.51. The van der Waals surface area contributed by atoms with Crippen LogP contribution >= 0.6 is 0 Å². The van der Waals surface area contributed by atoms with E-state index in [2.05, 4.69) is 6.58 Å². The van der Waals surface area contributed by atoms with E-state index in [1.807, 2.05) is 13.0 Å². The van der Waals surface area contributed by atoms with Gasteiger partial charge in [-0.15, -0.1) is 6.58 Å². The van der Waals surface area contributed by atoms with Gasteiger partial charge in [-0.1, -0.05) is 12.1 Å². The fraction of sp³-hybridized carbons (Fsp3) is 0.273. The first-order chi connectivity index (χ1) is 6.25. The van der Waals surface area contributed by atoms with Crippen molar-refractivity contribution in [1.82, 2.24) is 0 Å². The first-order valence-electron chi connectivity index (χ1n) is 4.28. The summed E-state index contributed by atoms with van der Waals surface area (Å²) in [5, 5.41) is 9.36. The topological polar surface area (TPSA) is 29.5 Å². The average Bonchev–Trinajstić information content (AvgIpc) is 2.13. The first-order valence-corrected chi connectivity index (χ1v) is 4.28. The van der Waals surface area contributed by atoms with Gasteiger partial charge in [0.05, 0.1) is 6.61 Å². The molecule has 13 heavy (non-hydrogen) atoms. The molecule has 0 spiro atoms. The third-order valence-corrected chi connectivity index (χ3v) is 1.84. The van der Waals surface area contributed by atoms with Crippen LogP contribution in [0.1, 0.15) is 12.0 Å². The Morgan fingerprint density at radius 2 is 2.31 bits per heavy atom. The molecule has 2 heteroatoms. The Morgan fingerprint density at radius 3 is 3.00 bits per heavy atom. The van der Waals surface area contributed by atoms with E-state index >= 15 is 0 Å². The molecule has 0 aliphatic heterocycles. The van der Waals surface area contributed by atoms with Gasteiger partial charge in [-0.25, -0.2) is 0 Å². The van der Waals surface area contributed by atoms with E-state index in [9.17, 15) is 5.11 Å². The molecule has 0 fully saturated rings. The average molecular weight is 178 g/mol. The zero-order valence-corrected chi connectivity index (χ0v) is 7.79. The van der Waals surface area contributed by atoms with E-state index in [1.54, 1.807) is 18.2 Å². The monoisotopic (exact) mass is 178 g/mol. The van der Waals surface area contributed by atoms with Crippen molar-refractivity contribution in [3.05, 3.63) is 36.4 Å². The van der Waals surface area contributed by atoms with E-state index in [0.717, 1.165) is 17.7 Å². The predicted molar refractivity (Wildman–Crippen MR) is 53.2 cm³/mol. The second-order valence-electron chi connectivity index (χ2n) is 2.83. The van der Waals surface area contributed by atoms with E-state index < -0.39 is 0 Å². The quantitative estimate of drug-likeness (QED) is 0.567. The molecule has 0 atom stereocenters. The highest BCUT2D eigenvalue weighted by atomic mass is 16.5. The Morgan fingerprint density at radius 1 is 1.54 bits per heavy atom. The molecule has 0 aliphatic rings. The number of phenolic OH excluding ortho intramolecular Hbond substituents is 1. The van der Waals surface area contributed by atoms with Crippen molar-refractivity contribution >= 4 is 0 Å². The molecule has 1 aromatic rings. The van der Waals surface area contributed by atoms with Gasteiger partial charge < -0.3 is 9.84 Å². The Labute approximate surface area is 78.5 Å². The largest absolute Gasteiger partial charge is 0.508 e. The maximum absolute atomic E-state index is 9.36. The van der Waals surface area contributed by atoms with E-state index in [4.69, 9.17) is 4.74 Å².